The van der Waals surface area contributed by atoms with Crippen molar-refractivity contribution < 1.29 is 28.2 Å². The van der Waals surface area contributed by atoms with Crippen LogP contribution in [-0.2, 0) is 4.79 Å². The molecule has 1 aliphatic rings. The zero-order valence-corrected chi connectivity index (χ0v) is 19.7. The number of furan rings is 1. The van der Waals surface area contributed by atoms with E-state index in [0.717, 1.165) is 33.4 Å². The van der Waals surface area contributed by atoms with Crippen molar-refractivity contribution in [2.75, 3.05) is 32.8 Å². The second-order valence-corrected chi connectivity index (χ2v) is 8.10. The molecule has 0 radical (unpaired) electrons. The van der Waals surface area contributed by atoms with Gasteiger partial charge in [0.15, 0.2) is 11.5 Å². The Balaban J connectivity index is 1.44. The van der Waals surface area contributed by atoms with Gasteiger partial charge < -0.3 is 28.7 Å². The maximum Gasteiger partial charge on any atom is 0.248 e. The number of anilines is 1. The van der Waals surface area contributed by atoms with Crippen LogP contribution in [0.3, 0.4) is 0 Å². The first-order valence-corrected chi connectivity index (χ1v) is 11.2. The van der Waals surface area contributed by atoms with Crippen molar-refractivity contribution in [3.05, 3.63) is 72.5 Å². The number of carbonyl (C=O) groups excluding carboxylic acids is 1. The summed E-state index contributed by atoms with van der Waals surface area (Å²) in [7, 11) is 3.24. The van der Waals surface area contributed by atoms with Gasteiger partial charge in [-0.15, -0.1) is 0 Å². The molecule has 0 aliphatic carbocycles. The Kier molecular flexibility index (Phi) is 6.06. The molecule has 7 heteroatoms. The molecule has 1 amide bonds. The molecule has 0 fully saturated rings. The molecule has 0 unspecified atom stereocenters. The summed E-state index contributed by atoms with van der Waals surface area (Å²) in [5.74, 6) is 2.43. The molecule has 0 saturated carbocycles. The van der Waals surface area contributed by atoms with E-state index in [1.54, 1.807) is 44.8 Å². The Bertz CT molecular complexity index is 1420. The predicted molar refractivity (Wildman–Crippen MR) is 134 cm³/mol. The summed E-state index contributed by atoms with van der Waals surface area (Å²) in [6.45, 7) is 2.88. The number of carbonyl (C=O) groups is 1. The normalized spacial score (nSPS) is 12.9. The first kappa shape index (κ1) is 22.4. The number of methoxy groups -OCH3 is 2. The molecule has 2 heterocycles. The fourth-order valence-electron chi connectivity index (χ4n) is 4.10. The van der Waals surface area contributed by atoms with Gasteiger partial charge in [0.25, 0.3) is 0 Å². The van der Waals surface area contributed by atoms with Gasteiger partial charge in [0.1, 0.15) is 30.3 Å². The highest BCUT2D eigenvalue weighted by molar-refractivity contribution is 6.05. The van der Waals surface area contributed by atoms with Gasteiger partial charge in [-0.3, -0.25) is 4.79 Å². The highest BCUT2D eigenvalue weighted by Gasteiger charge is 2.16. The van der Waals surface area contributed by atoms with E-state index < -0.39 is 0 Å². The van der Waals surface area contributed by atoms with Crippen molar-refractivity contribution in [2.45, 2.75) is 6.92 Å². The number of allylic oxidation sites excluding steroid dienone is 1. The van der Waals surface area contributed by atoms with Crippen LogP contribution >= 0.6 is 0 Å². The van der Waals surface area contributed by atoms with Crippen molar-refractivity contribution in [3.63, 3.8) is 0 Å². The van der Waals surface area contributed by atoms with Crippen molar-refractivity contribution in [2.24, 2.45) is 0 Å². The standard InChI is InChI=1S/C28H25NO6/c1-17(12-28(30)29-19-6-9-24-27(13-19)34-11-10-33-24)21-14-22-23(16-35-26(22)15-25(21)32-3)18-4-7-20(31-2)8-5-18/h4-9,12-16H,10-11H2,1-3H3,(H,29,30)/b17-12+. The minimum Gasteiger partial charge on any atom is -0.497 e. The SMILES string of the molecule is COc1ccc(-c2coc3cc(OC)c(/C(C)=C/C(=O)Nc4ccc5c(c4)OCCO5)cc23)cc1. The van der Waals surface area contributed by atoms with Crippen LogP contribution < -0.4 is 24.3 Å². The van der Waals surface area contributed by atoms with Crippen LogP contribution in [0.25, 0.3) is 27.7 Å². The average Bonchev–Trinajstić information content (AvgIpc) is 3.30. The van der Waals surface area contributed by atoms with Gasteiger partial charge in [-0.2, -0.15) is 0 Å². The second-order valence-electron chi connectivity index (χ2n) is 8.10. The number of rotatable bonds is 6. The topological polar surface area (TPSA) is 79.2 Å². The lowest BCUT2D eigenvalue weighted by atomic mass is 9.99. The molecule has 0 spiro atoms. The lowest BCUT2D eigenvalue weighted by Gasteiger charge is -2.18. The van der Waals surface area contributed by atoms with E-state index in [1.807, 2.05) is 43.3 Å². The minimum absolute atomic E-state index is 0.260. The lowest BCUT2D eigenvalue weighted by Crippen LogP contribution is -2.16. The van der Waals surface area contributed by atoms with E-state index >= 15 is 0 Å². The molecular formula is C28H25NO6. The van der Waals surface area contributed by atoms with Gasteiger partial charge in [0, 0.05) is 40.4 Å². The van der Waals surface area contributed by atoms with Gasteiger partial charge in [0.05, 0.1) is 20.5 Å². The summed E-state index contributed by atoms with van der Waals surface area (Å²) in [5.41, 5.74) is 4.82. The number of hydrogen-bond acceptors (Lipinski definition) is 6. The summed E-state index contributed by atoms with van der Waals surface area (Å²) in [4.78, 5) is 12.8. The maximum atomic E-state index is 12.8. The molecule has 5 rings (SSSR count). The van der Waals surface area contributed by atoms with Crippen molar-refractivity contribution in [3.8, 4) is 34.1 Å². The molecule has 7 nitrogen and oxygen atoms in total. The monoisotopic (exact) mass is 471 g/mol. The molecule has 35 heavy (non-hydrogen) atoms. The van der Waals surface area contributed by atoms with Crippen molar-refractivity contribution >= 4 is 28.1 Å². The van der Waals surface area contributed by atoms with Crippen LogP contribution in [0.4, 0.5) is 5.69 Å². The number of fused-ring (bicyclic) bond motifs is 2. The number of nitrogens with one attached hydrogen (secondary N) is 1. The highest BCUT2D eigenvalue weighted by atomic mass is 16.6. The molecule has 1 aromatic heterocycles. The van der Waals surface area contributed by atoms with Crippen LogP contribution in [0, 0.1) is 0 Å². The molecule has 0 atom stereocenters. The van der Waals surface area contributed by atoms with Crippen LogP contribution in [0.15, 0.2) is 71.4 Å². The quantitative estimate of drug-likeness (QED) is 0.351. The van der Waals surface area contributed by atoms with Gasteiger partial charge in [0.2, 0.25) is 5.91 Å². The van der Waals surface area contributed by atoms with Crippen molar-refractivity contribution in [1.29, 1.82) is 0 Å². The minimum atomic E-state index is -0.260. The van der Waals surface area contributed by atoms with Gasteiger partial charge >= 0.3 is 0 Å². The Hall–Kier alpha value is -4.39. The fraction of sp³-hybridized carbons (Fsp3) is 0.179. The lowest BCUT2D eigenvalue weighted by molar-refractivity contribution is -0.111. The molecule has 1 N–H and O–H groups in total. The highest BCUT2D eigenvalue weighted by Crippen LogP contribution is 2.38. The Morgan fingerprint density at radius 1 is 0.943 bits per heavy atom. The average molecular weight is 472 g/mol. The Morgan fingerprint density at radius 3 is 2.46 bits per heavy atom. The molecule has 1 aliphatic heterocycles. The van der Waals surface area contributed by atoms with E-state index in [0.29, 0.717) is 41.7 Å². The third kappa shape index (κ3) is 4.53. The van der Waals surface area contributed by atoms with Gasteiger partial charge in [-0.05, 0) is 48.4 Å². The number of hydrogen-bond donors (Lipinski definition) is 1. The number of benzene rings is 3. The third-order valence-corrected chi connectivity index (χ3v) is 5.88. The van der Waals surface area contributed by atoms with Gasteiger partial charge in [-0.1, -0.05) is 12.1 Å². The molecule has 4 aromatic rings. The summed E-state index contributed by atoms with van der Waals surface area (Å²) >= 11 is 0. The second kappa shape index (κ2) is 9.46. The van der Waals surface area contributed by atoms with E-state index in [2.05, 4.69) is 5.32 Å². The van der Waals surface area contributed by atoms with E-state index in [-0.39, 0.29) is 5.91 Å². The first-order chi connectivity index (χ1) is 17.1. The molecule has 0 saturated heterocycles. The largest absolute Gasteiger partial charge is 0.497 e. The van der Waals surface area contributed by atoms with Crippen LogP contribution in [0.2, 0.25) is 0 Å². The third-order valence-electron chi connectivity index (χ3n) is 5.88. The van der Waals surface area contributed by atoms with E-state index in [9.17, 15) is 4.79 Å². The number of amides is 1. The van der Waals surface area contributed by atoms with Crippen molar-refractivity contribution in [1.82, 2.24) is 0 Å². The smallest absolute Gasteiger partial charge is 0.248 e. The van der Waals surface area contributed by atoms with Crippen LogP contribution in [0.5, 0.6) is 23.0 Å². The Labute approximate surface area is 202 Å². The van der Waals surface area contributed by atoms with Crippen LogP contribution in [0.1, 0.15) is 12.5 Å². The van der Waals surface area contributed by atoms with E-state index in [1.165, 1.54) is 0 Å². The predicted octanol–water partition coefficient (Wildman–Crippen LogP) is 5.93. The molecule has 3 aromatic carbocycles. The van der Waals surface area contributed by atoms with Gasteiger partial charge in [-0.25, -0.2) is 0 Å². The molecule has 178 valence electrons. The molecule has 0 bridgehead atoms. The zero-order valence-electron chi connectivity index (χ0n) is 19.7. The molecular weight excluding hydrogens is 446 g/mol. The summed E-state index contributed by atoms with van der Waals surface area (Å²) in [6, 6.07) is 16.9. The summed E-state index contributed by atoms with van der Waals surface area (Å²) < 4.78 is 27.8. The fourth-order valence-corrected chi connectivity index (χ4v) is 4.10. The summed E-state index contributed by atoms with van der Waals surface area (Å²) in [5, 5.41) is 3.81. The Morgan fingerprint density at radius 2 is 1.71 bits per heavy atom. The first-order valence-electron chi connectivity index (χ1n) is 11.2. The van der Waals surface area contributed by atoms with Crippen LogP contribution in [-0.4, -0.2) is 33.3 Å². The summed E-state index contributed by atoms with van der Waals surface area (Å²) in [6.07, 6.45) is 3.27. The maximum absolute atomic E-state index is 12.8. The number of ether oxygens (including phenoxy) is 4. The zero-order chi connectivity index (χ0) is 24.4. The van der Waals surface area contributed by atoms with E-state index in [4.69, 9.17) is 23.4 Å².